The second kappa shape index (κ2) is 5.45. The van der Waals surface area contributed by atoms with Crippen LogP contribution in [0.4, 0.5) is 0 Å². The SMILES string of the molecule is Cc1occc1CN(C)C(C)(CN)CC1CCC1. The van der Waals surface area contributed by atoms with E-state index in [0.717, 1.165) is 24.8 Å². The minimum absolute atomic E-state index is 0.106. The van der Waals surface area contributed by atoms with Crippen LogP contribution in [0.3, 0.4) is 0 Å². The number of nitrogens with two attached hydrogens (primary N) is 1. The highest BCUT2D eigenvalue weighted by Crippen LogP contribution is 2.35. The molecule has 3 heteroatoms. The normalized spacial score (nSPS) is 19.8. The third-order valence-corrected chi connectivity index (χ3v) is 4.69. The topological polar surface area (TPSA) is 42.4 Å². The van der Waals surface area contributed by atoms with Gasteiger partial charge in [0.15, 0.2) is 0 Å². The fraction of sp³-hybridized carbons (Fsp3) is 0.733. The lowest BCUT2D eigenvalue weighted by atomic mass is 9.76. The lowest BCUT2D eigenvalue weighted by molar-refractivity contribution is 0.0853. The van der Waals surface area contributed by atoms with Gasteiger partial charge in [-0.3, -0.25) is 4.90 Å². The molecule has 18 heavy (non-hydrogen) atoms. The third-order valence-electron chi connectivity index (χ3n) is 4.69. The first-order valence-corrected chi connectivity index (χ1v) is 6.99. The summed E-state index contributed by atoms with van der Waals surface area (Å²) >= 11 is 0. The Labute approximate surface area is 110 Å². The molecule has 2 rings (SSSR count). The van der Waals surface area contributed by atoms with Gasteiger partial charge in [0.1, 0.15) is 5.76 Å². The van der Waals surface area contributed by atoms with Gasteiger partial charge in [-0.15, -0.1) is 0 Å². The van der Waals surface area contributed by atoms with E-state index >= 15 is 0 Å². The molecule has 1 aromatic heterocycles. The maximum atomic E-state index is 6.04. The van der Waals surface area contributed by atoms with E-state index in [0.29, 0.717) is 0 Å². The van der Waals surface area contributed by atoms with Gasteiger partial charge < -0.3 is 10.2 Å². The standard InChI is InChI=1S/C15H26N2O/c1-12-14(7-8-18-12)10-17(3)15(2,11-16)9-13-5-4-6-13/h7-8,13H,4-6,9-11,16H2,1-3H3. The van der Waals surface area contributed by atoms with Gasteiger partial charge in [-0.05, 0) is 39.3 Å². The van der Waals surface area contributed by atoms with Crippen LogP contribution in [0.25, 0.3) is 0 Å². The van der Waals surface area contributed by atoms with Crippen LogP contribution >= 0.6 is 0 Å². The first-order chi connectivity index (χ1) is 8.55. The summed E-state index contributed by atoms with van der Waals surface area (Å²) in [7, 11) is 2.18. The van der Waals surface area contributed by atoms with Crippen molar-refractivity contribution in [3.8, 4) is 0 Å². The number of hydrogen-bond donors (Lipinski definition) is 1. The van der Waals surface area contributed by atoms with Crippen LogP contribution in [0, 0.1) is 12.8 Å². The highest BCUT2D eigenvalue weighted by Gasteiger charge is 2.33. The van der Waals surface area contributed by atoms with Gasteiger partial charge in [-0.25, -0.2) is 0 Å². The number of aryl methyl sites for hydroxylation is 1. The fourth-order valence-electron chi connectivity index (χ4n) is 2.74. The molecule has 102 valence electrons. The molecule has 0 aliphatic heterocycles. The van der Waals surface area contributed by atoms with Crippen LogP contribution in [-0.4, -0.2) is 24.0 Å². The van der Waals surface area contributed by atoms with Crippen molar-refractivity contribution in [2.45, 2.75) is 51.6 Å². The average Bonchev–Trinajstić information content (AvgIpc) is 2.69. The van der Waals surface area contributed by atoms with E-state index in [-0.39, 0.29) is 5.54 Å². The Kier molecular flexibility index (Phi) is 4.13. The van der Waals surface area contributed by atoms with Gasteiger partial charge in [0.2, 0.25) is 0 Å². The Hall–Kier alpha value is -0.800. The zero-order valence-corrected chi connectivity index (χ0v) is 11.9. The van der Waals surface area contributed by atoms with Gasteiger partial charge >= 0.3 is 0 Å². The fourth-order valence-corrected chi connectivity index (χ4v) is 2.74. The summed E-state index contributed by atoms with van der Waals surface area (Å²) in [5.74, 6) is 1.90. The van der Waals surface area contributed by atoms with Crippen LogP contribution in [0.2, 0.25) is 0 Å². The molecule has 1 fully saturated rings. The Morgan fingerprint density at radius 1 is 1.50 bits per heavy atom. The molecule has 0 radical (unpaired) electrons. The van der Waals surface area contributed by atoms with Crippen molar-refractivity contribution < 1.29 is 4.42 Å². The average molecular weight is 250 g/mol. The molecule has 0 spiro atoms. The minimum Gasteiger partial charge on any atom is -0.469 e. The monoisotopic (exact) mass is 250 g/mol. The van der Waals surface area contributed by atoms with Gasteiger partial charge in [0, 0.05) is 24.2 Å². The number of hydrogen-bond acceptors (Lipinski definition) is 3. The number of nitrogens with zero attached hydrogens (tertiary/aromatic N) is 1. The molecule has 1 atom stereocenters. The molecule has 0 amide bonds. The molecule has 2 N–H and O–H groups in total. The van der Waals surface area contributed by atoms with E-state index in [1.807, 2.05) is 6.92 Å². The summed E-state index contributed by atoms with van der Waals surface area (Å²) in [6.45, 7) is 5.95. The highest BCUT2D eigenvalue weighted by atomic mass is 16.3. The van der Waals surface area contributed by atoms with Crippen LogP contribution in [-0.2, 0) is 6.54 Å². The van der Waals surface area contributed by atoms with Gasteiger partial charge in [0.25, 0.3) is 0 Å². The number of furan rings is 1. The largest absolute Gasteiger partial charge is 0.469 e. The van der Waals surface area contributed by atoms with Crippen molar-refractivity contribution in [3.63, 3.8) is 0 Å². The van der Waals surface area contributed by atoms with E-state index in [1.54, 1.807) is 6.26 Å². The predicted octanol–water partition coefficient (Wildman–Crippen LogP) is 2.93. The Morgan fingerprint density at radius 2 is 2.22 bits per heavy atom. The summed E-state index contributed by atoms with van der Waals surface area (Å²) in [5, 5.41) is 0. The van der Waals surface area contributed by atoms with Crippen molar-refractivity contribution in [1.29, 1.82) is 0 Å². The first-order valence-electron chi connectivity index (χ1n) is 6.99. The molecule has 0 saturated heterocycles. The highest BCUT2D eigenvalue weighted by molar-refractivity contribution is 5.15. The molecule has 1 aromatic rings. The summed E-state index contributed by atoms with van der Waals surface area (Å²) < 4.78 is 5.37. The van der Waals surface area contributed by atoms with Crippen molar-refractivity contribution >= 4 is 0 Å². The molecule has 1 unspecified atom stereocenters. The van der Waals surface area contributed by atoms with Crippen LogP contribution in [0.5, 0.6) is 0 Å². The van der Waals surface area contributed by atoms with E-state index in [2.05, 4.69) is 24.9 Å². The van der Waals surface area contributed by atoms with Crippen LogP contribution in [0.15, 0.2) is 16.7 Å². The van der Waals surface area contributed by atoms with E-state index in [1.165, 1.54) is 31.2 Å². The maximum absolute atomic E-state index is 6.04. The van der Waals surface area contributed by atoms with Crippen molar-refractivity contribution in [2.75, 3.05) is 13.6 Å². The number of likely N-dealkylation sites (N-methyl/N-ethyl adjacent to an activating group) is 1. The molecular weight excluding hydrogens is 224 g/mol. The zero-order chi connectivity index (χ0) is 13.2. The minimum atomic E-state index is 0.106. The second-order valence-electron chi connectivity index (χ2n) is 6.06. The Morgan fingerprint density at radius 3 is 2.67 bits per heavy atom. The molecule has 1 aliphatic rings. The van der Waals surface area contributed by atoms with Crippen molar-refractivity contribution in [2.24, 2.45) is 11.7 Å². The molecule has 3 nitrogen and oxygen atoms in total. The van der Waals surface area contributed by atoms with E-state index < -0.39 is 0 Å². The molecule has 0 bridgehead atoms. The lowest BCUT2D eigenvalue weighted by Crippen LogP contribution is -2.51. The molecule has 1 saturated carbocycles. The summed E-state index contributed by atoms with van der Waals surface area (Å²) in [5.41, 5.74) is 7.41. The summed E-state index contributed by atoms with van der Waals surface area (Å²) in [6, 6.07) is 2.06. The summed E-state index contributed by atoms with van der Waals surface area (Å²) in [4.78, 5) is 2.39. The third kappa shape index (κ3) is 2.78. The first kappa shape index (κ1) is 13.6. The van der Waals surface area contributed by atoms with Crippen LogP contribution in [0.1, 0.15) is 43.9 Å². The maximum Gasteiger partial charge on any atom is 0.105 e. The quantitative estimate of drug-likeness (QED) is 0.844. The zero-order valence-electron chi connectivity index (χ0n) is 11.9. The molecule has 1 heterocycles. The number of rotatable bonds is 6. The Balaban J connectivity index is 1.99. The Bertz CT molecular complexity index is 384. The van der Waals surface area contributed by atoms with Gasteiger partial charge in [0.05, 0.1) is 6.26 Å². The predicted molar refractivity (Wildman–Crippen MR) is 74.3 cm³/mol. The summed E-state index contributed by atoms with van der Waals surface area (Å²) in [6.07, 6.45) is 7.15. The molecule has 1 aliphatic carbocycles. The van der Waals surface area contributed by atoms with Gasteiger partial charge in [-0.1, -0.05) is 19.3 Å². The van der Waals surface area contributed by atoms with E-state index in [9.17, 15) is 0 Å². The van der Waals surface area contributed by atoms with Gasteiger partial charge in [-0.2, -0.15) is 0 Å². The molecule has 0 aromatic carbocycles. The van der Waals surface area contributed by atoms with Crippen molar-refractivity contribution in [3.05, 3.63) is 23.7 Å². The van der Waals surface area contributed by atoms with E-state index in [4.69, 9.17) is 10.2 Å². The van der Waals surface area contributed by atoms with Crippen LogP contribution < -0.4 is 5.73 Å². The van der Waals surface area contributed by atoms with Crippen molar-refractivity contribution in [1.82, 2.24) is 4.90 Å². The lowest BCUT2D eigenvalue weighted by Gasteiger charge is -2.42. The smallest absolute Gasteiger partial charge is 0.105 e. The second-order valence-corrected chi connectivity index (χ2v) is 6.06. The molecular formula is C15H26N2O.